The molecule has 0 aliphatic carbocycles. The summed E-state index contributed by atoms with van der Waals surface area (Å²) in [5.41, 5.74) is 2.70. The van der Waals surface area contributed by atoms with Crippen LogP contribution in [0.1, 0.15) is 18.1 Å². The lowest BCUT2D eigenvalue weighted by atomic mass is 10.2. The summed E-state index contributed by atoms with van der Waals surface area (Å²) in [5, 5.41) is 3.97. The van der Waals surface area contributed by atoms with Crippen LogP contribution in [0.4, 0.5) is 0 Å². The highest BCUT2D eigenvalue weighted by Gasteiger charge is 2.06. The summed E-state index contributed by atoms with van der Waals surface area (Å²) in [6.45, 7) is 9.29. The average Bonchev–Trinajstić information content (AvgIpc) is 2.29. The molecule has 96 valence electrons. The summed E-state index contributed by atoms with van der Waals surface area (Å²) < 4.78 is 5.01. The summed E-state index contributed by atoms with van der Waals surface area (Å²) in [5.74, 6) is 0. The van der Waals surface area contributed by atoms with Crippen LogP contribution in [0.15, 0.2) is 23.1 Å². The number of methoxy groups -OCH3 is 1. The summed E-state index contributed by atoms with van der Waals surface area (Å²) in [6.07, 6.45) is 0. The third-order valence-corrected chi connectivity index (χ3v) is 3.85. The molecule has 1 aromatic rings. The van der Waals surface area contributed by atoms with E-state index in [2.05, 4.69) is 44.3 Å². The maximum absolute atomic E-state index is 5.01. The van der Waals surface area contributed by atoms with Gasteiger partial charge in [0, 0.05) is 30.3 Å². The minimum Gasteiger partial charge on any atom is -0.383 e. The van der Waals surface area contributed by atoms with Gasteiger partial charge >= 0.3 is 0 Å². The Morgan fingerprint density at radius 2 is 2.12 bits per heavy atom. The fourth-order valence-corrected chi connectivity index (χ4v) is 2.71. The monoisotopic (exact) mass is 253 g/mol. The molecule has 17 heavy (non-hydrogen) atoms. The number of benzene rings is 1. The second-order valence-electron chi connectivity index (χ2n) is 4.39. The average molecular weight is 253 g/mol. The Labute approximate surface area is 109 Å². The number of nitrogens with one attached hydrogen (secondary N) is 1. The van der Waals surface area contributed by atoms with Crippen LogP contribution in [0.25, 0.3) is 0 Å². The van der Waals surface area contributed by atoms with Gasteiger partial charge in [0.25, 0.3) is 0 Å². The minimum absolute atomic E-state index is 0.576. The van der Waals surface area contributed by atoms with E-state index in [-0.39, 0.29) is 0 Å². The fourth-order valence-electron chi connectivity index (χ4n) is 1.57. The highest BCUT2D eigenvalue weighted by molar-refractivity contribution is 8.00. The van der Waals surface area contributed by atoms with Crippen molar-refractivity contribution in [1.82, 2.24) is 5.32 Å². The zero-order valence-electron chi connectivity index (χ0n) is 11.2. The van der Waals surface area contributed by atoms with Crippen molar-refractivity contribution in [3.05, 3.63) is 29.3 Å². The van der Waals surface area contributed by atoms with Gasteiger partial charge in [-0.2, -0.15) is 0 Å². The molecular weight excluding hydrogens is 230 g/mol. The maximum Gasteiger partial charge on any atom is 0.0587 e. The standard InChI is InChI=1S/C14H23NOS/c1-11-5-6-12(2)14(9-11)17-13(3)10-15-7-8-16-4/h5-6,9,13,15H,7-8,10H2,1-4H3. The molecule has 1 atom stereocenters. The molecule has 0 amide bonds. The second kappa shape index (κ2) is 7.75. The molecule has 3 heteroatoms. The van der Waals surface area contributed by atoms with E-state index in [1.54, 1.807) is 7.11 Å². The number of hydrogen-bond acceptors (Lipinski definition) is 3. The van der Waals surface area contributed by atoms with Crippen molar-refractivity contribution in [1.29, 1.82) is 0 Å². The fraction of sp³-hybridized carbons (Fsp3) is 0.571. The number of rotatable bonds is 7. The summed E-state index contributed by atoms with van der Waals surface area (Å²) in [6, 6.07) is 6.63. The Kier molecular flexibility index (Phi) is 6.63. The second-order valence-corrected chi connectivity index (χ2v) is 5.87. The van der Waals surface area contributed by atoms with E-state index in [1.807, 2.05) is 11.8 Å². The van der Waals surface area contributed by atoms with Gasteiger partial charge in [-0.25, -0.2) is 0 Å². The highest BCUT2D eigenvalue weighted by atomic mass is 32.2. The number of aryl methyl sites for hydroxylation is 2. The van der Waals surface area contributed by atoms with E-state index < -0.39 is 0 Å². The van der Waals surface area contributed by atoms with Crippen molar-refractivity contribution in [3.8, 4) is 0 Å². The van der Waals surface area contributed by atoms with E-state index in [0.717, 1.165) is 19.7 Å². The van der Waals surface area contributed by atoms with Crippen LogP contribution in [-0.4, -0.2) is 32.1 Å². The quantitative estimate of drug-likeness (QED) is 0.596. The van der Waals surface area contributed by atoms with Crippen molar-refractivity contribution in [2.45, 2.75) is 30.9 Å². The van der Waals surface area contributed by atoms with Crippen LogP contribution >= 0.6 is 11.8 Å². The number of hydrogen-bond donors (Lipinski definition) is 1. The first-order valence-corrected chi connectivity index (χ1v) is 6.95. The Hall–Kier alpha value is -0.510. The molecule has 2 nitrogen and oxygen atoms in total. The molecular formula is C14H23NOS. The lowest BCUT2D eigenvalue weighted by Gasteiger charge is -2.14. The van der Waals surface area contributed by atoms with Gasteiger partial charge in [-0.3, -0.25) is 0 Å². The molecule has 0 heterocycles. The first-order chi connectivity index (χ1) is 8.13. The van der Waals surface area contributed by atoms with Gasteiger partial charge in [-0.1, -0.05) is 24.6 Å². The summed E-state index contributed by atoms with van der Waals surface area (Å²) in [7, 11) is 1.73. The molecule has 0 fully saturated rings. The predicted molar refractivity (Wildman–Crippen MR) is 76.0 cm³/mol. The third kappa shape index (κ3) is 5.57. The van der Waals surface area contributed by atoms with E-state index in [1.165, 1.54) is 16.0 Å². The van der Waals surface area contributed by atoms with E-state index >= 15 is 0 Å². The SMILES string of the molecule is COCCNCC(C)Sc1cc(C)ccc1C. The Morgan fingerprint density at radius 1 is 1.35 bits per heavy atom. The van der Waals surface area contributed by atoms with Gasteiger partial charge in [-0.15, -0.1) is 11.8 Å². The van der Waals surface area contributed by atoms with Crippen molar-refractivity contribution in [3.63, 3.8) is 0 Å². The molecule has 1 unspecified atom stereocenters. The van der Waals surface area contributed by atoms with Crippen molar-refractivity contribution in [2.24, 2.45) is 0 Å². The summed E-state index contributed by atoms with van der Waals surface area (Å²) >= 11 is 1.94. The molecule has 1 N–H and O–H groups in total. The highest BCUT2D eigenvalue weighted by Crippen LogP contribution is 2.27. The first-order valence-electron chi connectivity index (χ1n) is 6.07. The molecule has 0 bridgehead atoms. The maximum atomic E-state index is 5.01. The molecule has 1 rings (SSSR count). The normalized spacial score (nSPS) is 12.7. The van der Waals surface area contributed by atoms with Crippen molar-refractivity contribution in [2.75, 3.05) is 26.8 Å². The van der Waals surface area contributed by atoms with Crippen LogP contribution in [0.2, 0.25) is 0 Å². The summed E-state index contributed by atoms with van der Waals surface area (Å²) in [4.78, 5) is 1.39. The van der Waals surface area contributed by atoms with Crippen LogP contribution in [0.5, 0.6) is 0 Å². The van der Waals surface area contributed by atoms with Crippen LogP contribution in [0, 0.1) is 13.8 Å². The van der Waals surface area contributed by atoms with Crippen LogP contribution in [-0.2, 0) is 4.74 Å². The van der Waals surface area contributed by atoms with Gasteiger partial charge in [0.2, 0.25) is 0 Å². The van der Waals surface area contributed by atoms with Crippen LogP contribution in [0.3, 0.4) is 0 Å². The molecule has 1 aromatic carbocycles. The zero-order valence-corrected chi connectivity index (χ0v) is 12.1. The minimum atomic E-state index is 0.576. The smallest absolute Gasteiger partial charge is 0.0587 e. The Balaban J connectivity index is 2.39. The number of thioether (sulfide) groups is 1. The molecule has 0 aliphatic heterocycles. The Bertz CT molecular complexity index is 341. The Morgan fingerprint density at radius 3 is 2.82 bits per heavy atom. The first kappa shape index (κ1) is 14.6. The van der Waals surface area contributed by atoms with E-state index in [4.69, 9.17) is 4.74 Å². The van der Waals surface area contributed by atoms with Gasteiger partial charge in [-0.05, 0) is 25.5 Å². The lowest BCUT2D eigenvalue weighted by molar-refractivity contribution is 0.199. The molecule has 0 radical (unpaired) electrons. The molecule has 0 aliphatic rings. The van der Waals surface area contributed by atoms with Gasteiger partial charge in [0.1, 0.15) is 0 Å². The molecule has 0 saturated heterocycles. The molecule has 0 aromatic heterocycles. The molecule has 0 saturated carbocycles. The van der Waals surface area contributed by atoms with Gasteiger partial charge in [0.15, 0.2) is 0 Å². The predicted octanol–water partition coefficient (Wildman–Crippen LogP) is 3.02. The van der Waals surface area contributed by atoms with Gasteiger partial charge in [0.05, 0.1) is 6.61 Å². The topological polar surface area (TPSA) is 21.3 Å². The lowest BCUT2D eigenvalue weighted by Crippen LogP contribution is -2.26. The van der Waals surface area contributed by atoms with Gasteiger partial charge < -0.3 is 10.1 Å². The van der Waals surface area contributed by atoms with Crippen molar-refractivity contribution >= 4 is 11.8 Å². The van der Waals surface area contributed by atoms with Crippen LogP contribution < -0.4 is 5.32 Å². The largest absolute Gasteiger partial charge is 0.383 e. The van der Waals surface area contributed by atoms with Crippen molar-refractivity contribution < 1.29 is 4.74 Å². The van der Waals surface area contributed by atoms with E-state index in [0.29, 0.717) is 5.25 Å². The zero-order chi connectivity index (χ0) is 12.7. The number of ether oxygens (including phenoxy) is 1. The third-order valence-electron chi connectivity index (χ3n) is 2.59. The molecule has 0 spiro atoms. The van der Waals surface area contributed by atoms with E-state index in [9.17, 15) is 0 Å².